The van der Waals surface area contributed by atoms with Gasteiger partial charge >= 0.3 is 0 Å². The quantitative estimate of drug-likeness (QED) is 0.227. The third-order valence-electron chi connectivity index (χ3n) is 7.19. The predicted molar refractivity (Wildman–Crippen MR) is 153 cm³/mol. The molecule has 0 saturated heterocycles. The standard InChI is InChI=1S/C17H23N5O.C10H8O6S2/c1-11(23)17-21-14-10-20-16(19-2)9-15(14)22(17)13-5-3-12(4-6-13)7-8-18;11-17(12,13)9-5-1-3-7-8(9)4-2-6-10(7)18(14,15)16/h9-13,23H,3-7H2,1-2H3,(H,19,20);1-6H,(H,11,12,13)(H,14,15,16)/t11-,12-,13-;/m1./s1. The number of hydrogen-bond donors (Lipinski definition) is 4. The van der Waals surface area contributed by atoms with Crippen molar-refractivity contribution in [1.29, 1.82) is 5.26 Å². The molecule has 0 amide bonds. The number of anilines is 1. The Balaban J connectivity index is 0.000000195. The lowest BCUT2D eigenvalue weighted by Crippen LogP contribution is -2.20. The van der Waals surface area contributed by atoms with Crippen LogP contribution in [0.4, 0.5) is 5.82 Å². The molecular formula is C27H31N5O7S2. The number of nitrogens with one attached hydrogen (secondary N) is 1. The number of nitrogens with zero attached hydrogens (tertiary/aromatic N) is 4. The Kier molecular flexibility index (Phi) is 8.95. The van der Waals surface area contributed by atoms with Gasteiger partial charge in [-0.3, -0.25) is 9.11 Å². The highest BCUT2D eigenvalue weighted by molar-refractivity contribution is 7.86. The molecule has 1 aliphatic rings. The van der Waals surface area contributed by atoms with E-state index in [1.54, 1.807) is 13.1 Å². The molecule has 1 atom stereocenters. The van der Waals surface area contributed by atoms with E-state index in [-0.39, 0.29) is 10.8 Å². The second-order valence-corrected chi connectivity index (χ2v) is 12.7. The third-order valence-corrected chi connectivity index (χ3v) is 9.02. The van der Waals surface area contributed by atoms with Gasteiger partial charge in [-0.15, -0.1) is 0 Å². The molecule has 0 unspecified atom stereocenters. The normalized spacial score (nSPS) is 18.3. The van der Waals surface area contributed by atoms with Crippen LogP contribution in [0.15, 0.2) is 58.5 Å². The first-order chi connectivity index (χ1) is 19.3. The molecule has 0 radical (unpaired) electrons. The minimum atomic E-state index is -4.47. The minimum absolute atomic E-state index is 0.0233. The molecule has 4 N–H and O–H groups in total. The zero-order valence-electron chi connectivity index (χ0n) is 22.5. The molecular weight excluding hydrogens is 570 g/mol. The van der Waals surface area contributed by atoms with E-state index in [0.717, 1.165) is 54.7 Å². The van der Waals surface area contributed by atoms with E-state index < -0.39 is 36.1 Å². The van der Waals surface area contributed by atoms with Gasteiger partial charge in [-0.05, 0) is 50.7 Å². The van der Waals surface area contributed by atoms with Crippen LogP contribution < -0.4 is 5.32 Å². The number of imidazole rings is 1. The van der Waals surface area contributed by atoms with Gasteiger partial charge in [0.25, 0.3) is 20.2 Å². The van der Waals surface area contributed by atoms with E-state index in [9.17, 15) is 21.9 Å². The van der Waals surface area contributed by atoms with Crippen LogP contribution in [-0.2, 0) is 20.2 Å². The summed E-state index contributed by atoms with van der Waals surface area (Å²) in [5, 5.41) is 22.1. The average Bonchev–Trinajstić information content (AvgIpc) is 3.31. The summed E-state index contributed by atoms with van der Waals surface area (Å²) in [7, 11) is -7.09. The number of benzene rings is 2. The Hall–Kier alpha value is -3.61. The molecule has 1 saturated carbocycles. The highest BCUT2D eigenvalue weighted by atomic mass is 32.2. The maximum atomic E-state index is 11.2. The first-order valence-electron chi connectivity index (χ1n) is 12.9. The van der Waals surface area contributed by atoms with E-state index >= 15 is 0 Å². The lowest BCUT2D eigenvalue weighted by molar-refractivity contribution is 0.175. The monoisotopic (exact) mass is 601 g/mol. The predicted octanol–water partition coefficient (Wildman–Crippen LogP) is 4.50. The van der Waals surface area contributed by atoms with E-state index in [1.165, 1.54) is 24.3 Å². The maximum Gasteiger partial charge on any atom is 0.295 e. The second-order valence-electron chi connectivity index (χ2n) is 9.92. The van der Waals surface area contributed by atoms with Crippen molar-refractivity contribution in [3.63, 3.8) is 0 Å². The molecule has 0 bridgehead atoms. The molecule has 0 spiro atoms. The van der Waals surface area contributed by atoms with Crippen LogP contribution in [0.3, 0.4) is 0 Å². The molecule has 0 aliphatic heterocycles. The largest absolute Gasteiger partial charge is 0.385 e. The van der Waals surface area contributed by atoms with Crippen molar-refractivity contribution in [2.75, 3.05) is 12.4 Å². The number of hydrogen-bond acceptors (Lipinski definition) is 9. The summed E-state index contributed by atoms with van der Waals surface area (Å²) < 4.78 is 64.9. The van der Waals surface area contributed by atoms with E-state index in [1.807, 2.05) is 13.1 Å². The fraction of sp³-hybridized carbons (Fsp3) is 0.370. The number of aliphatic hydroxyl groups is 1. The number of nitriles is 1. The Bertz CT molecular complexity index is 1750. The lowest BCUT2D eigenvalue weighted by atomic mass is 9.84. The molecule has 2 aromatic carbocycles. The molecule has 1 aliphatic carbocycles. The maximum absolute atomic E-state index is 11.2. The van der Waals surface area contributed by atoms with Crippen molar-refractivity contribution in [2.45, 2.75) is 61.0 Å². The van der Waals surface area contributed by atoms with E-state index in [4.69, 9.17) is 14.4 Å². The second kappa shape index (κ2) is 12.1. The highest BCUT2D eigenvalue weighted by Gasteiger charge is 2.27. The summed E-state index contributed by atoms with van der Waals surface area (Å²) >= 11 is 0. The van der Waals surface area contributed by atoms with Gasteiger partial charge in [0.2, 0.25) is 0 Å². The summed E-state index contributed by atoms with van der Waals surface area (Å²) in [6.45, 7) is 1.76. The van der Waals surface area contributed by atoms with Crippen LogP contribution in [0.5, 0.6) is 0 Å². The summed E-state index contributed by atoms with van der Waals surface area (Å²) in [5.74, 6) is 2.02. The zero-order valence-corrected chi connectivity index (χ0v) is 24.1. The molecule has 1 fully saturated rings. The van der Waals surface area contributed by atoms with Gasteiger partial charge in [-0.2, -0.15) is 22.1 Å². The smallest absolute Gasteiger partial charge is 0.295 e. The molecule has 2 aromatic heterocycles. The molecule has 14 heteroatoms. The van der Waals surface area contributed by atoms with Crippen LogP contribution in [0.25, 0.3) is 21.8 Å². The fourth-order valence-corrected chi connectivity index (χ4v) is 6.68. The number of pyridine rings is 1. The van der Waals surface area contributed by atoms with Crippen molar-refractivity contribution in [1.82, 2.24) is 14.5 Å². The van der Waals surface area contributed by atoms with Gasteiger partial charge in [-0.1, -0.05) is 24.3 Å². The van der Waals surface area contributed by atoms with Crippen LogP contribution in [0.2, 0.25) is 0 Å². The van der Waals surface area contributed by atoms with E-state index in [2.05, 4.69) is 25.9 Å². The Morgan fingerprint density at radius 3 is 2.05 bits per heavy atom. The fourth-order valence-electron chi connectivity index (χ4n) is 5.27. The number of aromatic nitrogens is 3. The number of aliphatic hydroxyl groups excluding tert-OH is 1. The molecule has 12 nitrogen and oxygen atoms in total. The van der Waals surface area contributed by atoms with E-state index in [0.29, 0.717) is 24.2 Å². The summed E-state index contributed by atoms with van der Waals surface area (Å²) in [4.78, 5) is 8.08. The zero-order chi connectivity index (χ0) is 29.9. The molecule has 4 aromatic rings. The van der Waals surface area contributed by atoms with Gasteiger partial charge in [0.05, 0.1) is 17.8 Å². The van der Waals surface area contributed by atoms with Gasteiger partial charge in [-0.25, -0.2) is 9.97 Å². The average molecular weight is 602 g/mol. The van der Waals surface area contributed by atoms with Crippen LogP contribution >= 0.6 is 0 Å². The Morgan fingerprint density at radius 2 is 1.59 bits per heavy atom. The first-order valence-corrected chi connectivity index (χ1v) is 15.8. The summed E-state index contributed by atoms with van der Waals surface area (Å²) in [6.07, 6.45) is 5.95. The molecule has 41 heavy (non-hydrogen) atoms. The molecule has 5 rings (SSSR count). The van der Waals surface area contributed by atoms with Crippen molar-refractivity contribution in [3.05, 3.63) is 54.5 Å². The van der Waals surface area contributed by atoms with Crippen LogP contribution in [-0.4, -0.2) is 52.6 Å². The van der Waals surface area contributed by atoms with Crippen molar-refractivity contribution in [2.24, 2.45) is 5.92 Å². The lowest BCUT2D eigenvalue weighted by Gasteiger charge is -2.30. The third kappa shape index (κ3) is 6.66. The summed E-state index contributed by atoms with van der Waals surface area (Å²) in [5.41, 5.74) is 1.84. The van der Waals surface area contributed by atoms with Gasteiger partial charge < -0.3 is 15.0 Å². The van der Waals surface area contributed by atoms with Crippen molar-refractivity contribution >= 4 is 47.9 Å². The number of rotatable bonds is 6. The molecule has 2 heterocycles. The van der Waals surface area contributed by atoms with Crippen LogP contribution in [0, 0.1) is 17.2 Å². The SMILES string of the molecule is CNc1cc2c(cn1)nc([C@@H](C)O)n2[C@H]1CC[C@H](CC#N)CC1.O=S(=O)(O)c1cccc2c(S(=O)(=O)O)cccc12. The Labute approximate surface area is 238 Å². The van der Waals surface area contributed by atoms with Gasteiger partial charge in [0, 0.05) is 36.3 Å². The topological polar surface area (TPSA) is 195 Å². The number of fused-ring (bicyclic) bond motifs is 2. The molecule has 218 valence electrons. The first kappa shape index (κ1) is 30.4. The summed E-state index contributed by atoms with van der Waals surface area (Å²) in [6, 6.07) is 12.1. The Morgan fingerprint density at radius 1 is 1.02 bits per heavy atom. The minimum Gasteiger partial charge on any atom is -0.385 e. The van der Waals surface area contributed by atoms with Gasteiger partial charge in [0.15, 0.2) is 0 Å². The van der Waals surface area contributed by atoms with Gasteiger partial charge in [0.1, 0.15) is 33.1 Å². The van der Waals surface area contributed by atoms with Crippen molar-refractivity contribution < 1.29 is 31.0 Å². The van der Waals surface area contributed by atoms with Crippen molar-refractivity contribution in [3.8, 4) is 6.07 Å². The highest BCUT2D eigenvalue weighted by Crippen LogP contribution is 2.37. The van der Waals surface area contributed by atoms with Crippen LogP contribution in [0.1, 0.15) is 57.0 Å².